The van der Waals surface area contributed by atoms with Crippen LogP contribution in [-0.2, 0) is 0 Å². The van der Waals surface area contributed by atoms with Gasteiger partial charge < -0.3 is 0 Å². The molecule has 0 bridgehead atoms. The van der Waals surface area contributed by atoms with Gasteiger partial charge in [-0.05, 0) is 23.8 Å². The van der Waals surface area contributed by atoms with Gasteiger partial charge in [0.1, 0.15) is 0 Å². The molecule has 0 unspecified atom stereocenters. The molecule has 0 amide bonds. The predicted octanol–water partition coefficient (Wildman–Crippen LogP) is 0.100. The van der Waals surface area contributed by atoms with Crippen LogP contribution < -0.4 is 16.4 Å². The SMILES string of the molecule is O=c1[nH]nc(/N=C2/N=c3ccc(-c4cccnc4)cc3=N2)[nH]1. The van der Waals surface area contributed by atoms with Gasteiger partial charge in [0.2, 0.25) is 0 Å². The molecule has 0 atom stereocenters. The summed E-state index contributed by atoms with van der Waals surface area (Å²) in [5, 5.41) is 7.38. The van der Waals surface area contributed by atoms with Gasteiger partial charge in [-0.15, -0.1) is 5.10 Å². The van der Waals surface area contributed by atoms with Crippen LogP contribution in [0, 0.1) is 0 Å². The van der Waals surface area contributed by atoms with E-state index in [1.54, 1.807) is 12.4 Å². The van der Waals surface area contributed by atoms with Crippen LogP contribution in [0.25, 0.3) is 11.1 Å². The molecule has 0 saturated heterocycles. The van der Waals surface area contributed by atoms with Crippen LogP contribution in [0.2, 0.25) is 0 Å². The molecule has 0 saturated carbocycles. The smallest absolute Gasteiger partial charge is 0.273 e. The Hall–Kier alpha value is -3.42. The van der Waals surface area contributed by atoms with Crippen molar-refractivity contribution in [2.45, 2.75) is 0 Å². The highest BCUT2D eigenvalue weighted by Gasteiger charge is 2.07. The van der Waals surface area contributed by atoms with Gasteiger partial charge >= 0.3 is 5.69 Å². The van der Waals surface area contributed by atoms with Crippen LogP contribution in [0.5, 0.6) is 0 Å². The van der Waals surface area contributed by atoms with E-state index >= 15 is 0 Å². The van der Waals surface area contributed by atoms with Crippen LogP contribution in [0.4, 0.5) is 5.95 Å². The van der Waals surface area contributed by atoms with Gasteiger partial charge in [0.15, 0.2) is 0 Å². The van der Waals surface area contributed by atoms with Gasteiger partial charge in [0.05, 0.1) is 10.7 Å². The number of aromatic nitrogens is 4. The maximum absolute atomic E-state index is 11.0. The number of aliphatic imine (C=N–C) groups is 1. The molecule has 22 heavy (non-hydrogen) atoms. The maximum atomic E-state index is 11.0. The molecule has 0 fully saturated rings. The second kappa shape index (κ2) is 4.85. The van der Waals surface area contributed by atoms with E-state index < -0.39 is 5.69 Å². The number of nitrogens with one attached hydrogen (secondary N) is 2. The minimum Gasteiger partial charge on any atom is -0.273 e. The Morgan fingerprint density at radius 3 is 2.73 bits per heavy atom. The first kappa shape index (κ1) is 12.3. The number of benzene rings is 1. The third kappa shape index (κ3) is 2.22. The molecule has 4 rings (SSSR count). The molecule has 2 N–H and O–H groups in total. The van der Waals surface area contributed by atoms with Crippen LogP contribution in [-0.4, -0.2) is 26.1 Å². The fraction of sp³-hybridized carbons (Fsp3) is 0. The van der Waals surface area contributed by atoms with Crippen LogP contribution in [0.3, 0.4) is 0 Å². The second-order valence-electron chi connectivity index (χ2n) is 4.58. The van der Waals surface area contributed by atoms with Gasteiger partial charge in [-0.25, -0.2) is 19.9 Å². The number of hydrogen-bond acceptors (Lipinski definition) is 4. The Bertz CT molecular complexity index is 1050. The van der Waals surface area contributed by atoms with Crippen molar-refractivity contribution in [2.75, 3.05) is 0 Å². The van der Waals surface area contributed by atoms with Crippen LogP contribution in [0.1, 0.15) is 0 Å². The summed E-state index contributed by atoms with van der Waals surface area (Å²) in [6, 6.07) is 9.60. The highest BCUT2D eigenvalue weighted by Crippen LogP contribution is 2.14. The second-order valence-corrected chi connectivity index (χ2v) is 4.58. The average molecular weight is 291 g/mol. The lowest BCUT2D eigenvalue weighted by molar-refractivity contribution is 1.05. The van der Waals surface area contributed by atoms with Crippen molar-refractivity contribution in [1.29, 1.82) is 0 Å². The third-order valence-corrected chi connectivity index (χ3v) is 3.11. The van der Waals surface area contributed by atoms with Gasteiger partial charge in [0, 0.05) is 18.0 Å². The van der Waals surface area contributed by atoms with Crippen molar-refractivity contribution in [3.05, 3.63) is 63.9 Å². The van der Waals surface area contributed by atoms with Crippen LogP contribution in [0.15, 0.2) is 62.5 Å². The summed E-state index contributed by atoms with van der Waals surface area (Å²) in [5.74, 6) is 0.397. The number of guanidine groups is 1. The Balaban J connectivity index is 1.77. The highest BCUT2D eigenvalue weighted by atomic mass is 16.1. The first-order valence-electron chi connectivity index (χ1n) is 6.49. The summed E-state index contributed by atoms with van der Waals surface area (Å²) in [6.45, 7) is 0. The molecule has 0 spiro atoms. The molecule has 8 nitrogen and oxygen atoms in total. The van der Waals surface area contributed by atoms with E-state index in [1.807, 2.05) is 30.3 Å². The first-order valence-corrected chi connectivity index (χ1v) is 6.49. The number of H-pyrrole nitrogens is 2. The Morgan fingerprint density at radius 1 is 1.05 bits per heavy atom. The fourth-order valence-electron chi connectivity index (χ4n) is 2.12. The van der Waals surface area contributed by atoms with E-state index in [4.69, 9.17) is 0 Å². The predicted molar refractivity (Wildman–Crippen MR) is 78.3 cm³/mol. The summed E-state index contributed by atoms with van der Waals surface area (Å²) in [6.07, 6.45) is 3.52. The summed E-state index contributed by atoms with van der Waals surface area (Å²) in [5.41, 5.74) is 1.58. The normalized spacial score (nSPS) is 14.5. The molecule has 3 aromatic rings. The summed E-state index contributed by atoms with van der Waals surface area (Å²) < 4.78 is 0. The maximum Gasteiger partial charge on any atom is 0.342 e. The van der Waals surface area contributed by atoms with E-state index in [0.717, 1.165) is 21.8 Å². The van der Waals surface area contributed by atoms with Gasteiger partial charge in [-0.1, -0.05) is 12.1 Å². The largest absolute Gasteiger partial charge is 0.342 e. The monoisotopic (exact) mass is 291 g/mol. The van der Waals surface area contributed by atoms with Gasteiger partial charge in [-0.2, -0.15) is 4.99 Å². The molecule has 1 aliphatic heterocycles. The molecule has 2 aromatic heterocycles. The lowest BCUT2D eigenvalue weighted by atomic mass is 10.1. The van der Waals surface area contributed by atoms with E-state index in [9.17, 15) is 4.79 Å². The Labute approximate surface area is 123 Å². The Kier molecular flexibility index (Phi) is 2.72. The lowest BCUT2D eigenvalue weighted by Crippen LogP contribution is -2.20. The molecule has 0 aliphatic carbocycles. The van der Waals surface area contributed by atoms with Gasteiger partial charge in [-0.3, -0.25) is 9.97 Å². The molecule has 0 radical (unpaired) electrons. The van der Waals surface area contributed by atoms with Crippen molar-refractivity contribution in [3.63, 3.8) is 0 Å². The van der Waals surface area contributed by atoms with Crippen molar-refractivity contribution < 1.29 is 0 Å². The third-order valence-electron chi connectivity index (χ3n) is 3.11. The van der Waals surface area contributed by atoms with Crippen molar-refractivity contribution >= 4 is 11.9 Å². The zero-order valence-corrected chi connectivity index (χ0v) is 11.2. The van der Waals surface area contributed by atoms with E-state index in [0.29, 0.717) is 0 Å². The summed E-state index contributed by atoms with van der Waals surface area (Å²) >= 11 is 0. The molecular weight excluding hydrogens is 282 g/mol. The summed E-state index contributed by atoms with van der Waals surface area (Å²) in [4.78, 5) is 30.2. The van der Waals surface area contributed by atoms with Crippen molar-refractivity contribution in [1.82, 2.24) is 20.2 Å². The number of nitrogens with zero attached hydrogens (tertiary/aromatic N) is 5. The van der Waals surface area contributed by atoms with Gasteiger partial charge in [0.25, 0.3) is 11.9 Å². The fourth-order valence-corrected chi connectivity index (χ4v) is 2.12. The minimum atomic E-state index is -0.422. The molecule has 1 aliphatic rings. The van der Waals surface area contributed by atoms with Crippen LogP contribution >= 0.6 is 0 Å². The number of pyridine rings is 1. The van der Waals surface area contributed by atoms with E-state index in [-0.39, 0.29) is 11.9 Å². The van der Waals surface area contributed by atoms with E-state index in [1.165, 1.54) is 0 Å². The average Bonchev–Trinajstić information content (AvgIpc) is 3.13. The topological polar surface area (TPSA) is 112 Å². The number of aromatic amines is 2. The quantitative estimate of drug-likeness (QED) is 0.698. The van der Waals surface area contributed by atoms with Crippen molar-refractivity contribution in [2.24, 2.45) is 15.0 Å². The molecule has 8 heteroatoms. The summed E-state index contributed by atoms with van der Waals surface area (Å²) in [7, 11) is 0. The zero-order valence-electron chi connectivity index (χ0n) is 11.2. The lowest BCUT2D eigenvalue weighted by Gasteiger charge is -1.98. The number of rotatable bonds is 2. The molecule has 1 aromatic carbocycles. The number of fused-ring (bicyclic) bond motifs is 1. The van der Waals surface area contributed by atoms with Crippen molar-refractivity contribution in [3.8, 4) is 11.1 Å². The zero-order chi connectivity index (χ0) is 14.9. The molecule has 3 heterocycles. The molecule has 106 valence electrons. The number of hydrogen-bond donors (Lipinski definition) is 2. The first-order chi connectivity index (χ1) is 10.8. The van der Waals surface area contributed by atoms with E-state index in [2.05, 4.69) is 35.1 Å². The molecular formula is C14H9N7O. The highest BCUT2D eigenvalue weighted by molar-refractivity contribution is 5.85. The standard InChI is InChI=1S/C14H9N7O/c22-14-19-13(20-21-14)18-12-16-10-4-3-8(6-11(10)17-12)9-2-1-5-15-7-9/h1-7H,(H2,19,20,21,22)/b18-12-. The Morgan fingerprint density at radius 2 is 1.95 bits per heavy atom. The minimum absolute atomic E-state index is 0.146.